The fourth-order valence-corrected chi connectivity index (χ4v) is 1.93. The maximum absolute atomic E-state index is 11.9. The molecule has 1 aliphatic heterocycles. The molecule has 0 amide bonds. The number of hydrogen-bond donors (Lipinski definition) is 0. The third-order valence-corrected chi connectivity index (χ3v) is 2.99. The second kappa shape index (κ2) is 4.70. The van der Waals surface area contributed by atoms with Crippen molar-refractivity contribution in [3.8, 4) is 0 Å². The number of benzene rings is 1. The zero-order valence-corrected chi connectivity index (χ0v) is 11.6. The number of rotatable bonds is 1. The molecule has 1 saturated heterocycles. The van der Waals surface area contributed by atoms with Gasteiger partial charge in [-0.1, -0.05) is 23.7 Å². The molecular formula is C14H13ClO4. The van der Waals surface area contributed by atoms with Crippen molar-refractivity contribution in [2.24, 2.45) is 0 Å². The summed E-state index contributed by atoms with van der Waals surface area (Å²) in [5.74, 6) is -2.57. The first-order valence-corrected chi connectivity index (χ1v) is 6.11. The molecule has 2 rings (SSSR count). The molecule has 1 aliphatic rings. The summed E-state index contributed by atoms with van der Waals surface area (Å²) in [5.41, 5.74) is 1.14. The van der Waals surface area contributed by atoms with Gasteiger partial charge in [0.2, 0.25) is 0 Å². The number of allylic oxidation sites excluding steroid dienone is 1. The van der Waals surface area contributed by atoms with Crippen molar-refractivity contribution in [1.29, 1.82) is 0 Å². The normalized spacial score (nSPS) is 17.8. The Hall–Kier alpha value is -1.81. The molecule has 1 fully saturated rings. The summed E-state index contributed by atoms with van der Waals surface area (Å²) in [6.45, 7) is 4.69. The Bertz CT molecular complexity index is 548. The molecule has 1 aromatic rings. The van der Waals surface area contributed by atoms with Gasteiger partial charge in [0.1, 0.15) is 5.57 Å². The van der Waals surface area contributed by atoms with E-state index in [1.165, 1.54) is 13.8 Å². The highest BCUT2D eigenvalue weighted by Gasteiger charge is 2.40. The Morgan fingerprint density at radius 3 is 2.00 bits per heavy atom. The van der Waals surface area contributed by atoms with Crippen molar-refractivity contribution in [3.05, 3.63) is 40.4 Å². The second-order valence-corrected chi connectivity index (χ2v) is 5.12. The number of ether oxygens (including phenoxy) is 2. The Morgan fingerprint density at radius 2 is 1.53 bits per heavy atom. The van der Waals surface area contributed by atoms with Crippen LogP contribution in [0.5, 0.6) is 0 Å². The highest BCUT2D eigenvalue weighted by atomic mass is 35.5. The molecule has 0 aliphatic carbocycles. The quantitative estimate of drug-likeness (QED) is 0.451. The maximum atomic E-state index is 11.9. The van der Waals surface area contributed by atoms with Gasteiger partial charge in [-0.2, -0.15) is 0 Å². The zero-order valence-electron chi connectivity index (χ0n) is 10.8. The molecule has 0 saturated carbocycles. The molecule has 0 spiro atoms. The SMILES string of the molecule is CC(=C1C(=O)OC(C)(C)OC1=O)c1ccc(Cl)cc1. The first kappa shape index (κ1) is 13.6. The van der Waals surface area contributed by atoms with Gasteiger partial charge in [-0.05, 0) is 30.2 Å². The first-order chi connectivity index (χ1) is 8.80. The highest BCUT2D eigenvalue weighted by Crippen LogP contribution is 2.28. The lowest BCUT2D eigenvalue weighted by Crippen LogP contribution is -2.42. The van der Waals surface area contributed by atoms with E-state index in [2.05, 4.69) is 0 Å². The predicted octanol–water partition coefficient (Wildman–Crippen LogP) is 2.95. The molecule has 1 aromatic carbocycles. The van der Waals surface area contributed by atoms with Crippen molar-refractivity contribution in [2.75, 3.05) is 0 Å². The smallest absolute Gasteiger partial charge is 0.349 e. The summed E-state index contributed by atoms with van der Waals surface area (Å²) in [6.07, 6.45) is 0. The Kier molecular flexibility index (Phi) is 3.37. The molecular weight excluding hydrogens is 268 g/mol. The van der Waals surface area contributed by atoms with Gasteiger partial charge < -0.3 is 9.47 Å². The van der Waals surface area contributed by atoms with Gasteiger partial charge in [0.25, 0.3) is 5.79 Å². The van der Waals surface area contributed by atoms with E-state index in [9.17, 15) is 9.59 Å². The van der Waals surface area contributed by atoms with Crippen molar-refractivity contribution >= 4 is 29.1 Å². The number of halogens is 1. The van der Waals surface area contributed by atoms with Crippen LogP contribution in [0.2, 0.25) is 5.02 Å². The minimum atomic E-state index is -1.22. The van der Waals surface area contributed by atoms with E-state index in [1.807, 2.05) is 0 Å². The van der Waals surface area contributed by atoms with Crippen molar-refractivity contribution in [3.63, 3.8) is 0 Å². The van der Waals surface area contributed by atoms with Gasteiger partial charge in [0, 0.05) is 18.9 Å². The number of hydrogen-bond acceptors (Lipinski definition) is 4. The van der Waals surface area contributed by atoms with Gasteiger partial charge in [-0.15, -0.1) is 0 Å². The van der Waals surface area contributed by atoms with Crippen LogP contribution in [0.3, 0.4) is 0 Å². The summed E-state index contributed by atoms with van der Waals surface area (Å²) in [4.78, 5) is 23.8. The topological polar surface area (TPSA) is 52.6 Å². The third kappa shape index (κ3) is 2.79. The lowest BCUT2D eigenvalue weighted by atomic mass is 10.0. The number of cyclic esters (lactones) is 2. The second-order valence-electron chi connectivity index (χ2n) is 4.69. The van der Waals surface area contributed by atoms with Crippen LogP contribution in [-0.4, -0.2) is 17.7 Å². The van der Waals surface area contributed by atoms with Gasteiger partial charge in [-0.3, -0.25) is 0 Å². The number of esters is 2. The molecule has 0 unspecified atom stereocenters. The molecule has 0 aromatic heterocycles. The minimum absolute atomic E-state index is 0.0818. The third-order valence-electron chi connectivity index (χ3n) is 2.74. The van der Waals surface area contributed by atoms with Crippen molar-refractivity contribution in [2.45, 2.75) is 26.6 Å². The van der Waals surface area contributed by atoms with Gasteiger partial charge in [0.05, 0.1) is 0 Å². The Balaban J connectivity index is 2.43. The van der Waals surface area contributed by atoms with E-state index >= 15 is 0 Å². The van der Waals surface area contributed by atoms with Crippen LogP contribution in [0.1, 0.15) is 26.3 Å². The fourth-order valence-electron chi connectivity index (χ4n) is 1.80. The van der Waals surface area contributed by atoms with E-state index < -0.39 is 17.7 Å². The average Bonchev–Trinajstić information content (AvgIpc) is 2.26. The van der Waals surface area contributed by atoms with E-state index in [1.54, 1.807) is 31.2 Å². The van der Waals surface area contributed by atoms with Gasteiger partial charge >= 0.3 is 11.9 Å². The van der Waals surface area contributed by atoms with Crippen LogP contribution >= 0.6 is 11.6 Å². The molecule has 100 valence electrons. The molecule has 0 N–H and O–H groups in total. The molecule has 0 radical (unpaired) electrons. The fraction of sp³-hybridized carbons (Fsp3) is 0.286. The van der Waals surface area contributed by atoms with E-state index in [4.69, 9.17) is 21.1 Å². The number of carbonyl (C=O) groups is 2. The summed E-state index contributed by atoms with van der Waals surface area (Å²) in [7, 11) is 0. The predicted molar refractivity (Wildman–Crippen MR) is 70.3 cm³/mol. The highest BCUT2D eigenvalue weighted by molar-refractivity contribution is 6.30. The minimum Gasteiger partial charge on any atom is -0.419 e. The lowest BCUT2D eigenvalue weighted by Gasteiger charge is -2.30. The van der Waals surface area contributed by atoms with Crippen LogP contribution in [0.4, 0.5) is 0 Å². The lowest BCUT2D eigenvalue weighted by molar-refractivity contribution is -0.222. The first-order valence-electron chi connectivity index (χ1n) is 5.74. The maximum Gasteiger partial charge on any atom is 0.349 e. The molecule has 5 heteroatoms. The monoisotopic (exact) mass is 280 g/mol. The number of carbonyl (C=O) groups excluding carboxylic acids is 2. The summed E-state index contributed by atoms with van der Waals surface area (Å²) >= 11 is 5.80. The Morgan fingerprint density at radius 1 is 1.05 bits per heavy atom. The van der Waals surface area contributed by atoms with Gasteiger partial charge in [-0.25, -0.2) is 9.59 Å². The van der Waals surface area contributed by atoms with E-state index in [-0.39, 0.29) is 5.57 Å². The zero-order chi connectivity index (χ0) is 14.2. The standard InChI is InChI=1S/C14H13ClO4/c1-8(9-4-6-10(15)7-5-9)11-12(16)18-14(2,3)19-13(11)17/h4-7H,1-3H3. The van der Waals surface area contributed by atoms with Gasteiger partial charge in [0.15, 0.2) is 0 Å². The van der Waals surface area contributed by atoms with Crippen LogP contribution in [0.15, 0.2) is 29.8 Å². The van der Waals surface area contributed by atoms with Crippen LogP contribution < -0.4 is 0 Å². The van der Waals surface area contributed by atoms with Crippen molar-refractivity contribution in [1.82, 2.24) is 0 Å². The summed E-state index contributed by atoms with van der Waals surface area (Å²) in [5, 5.41) is 0.580. The molecule has 0 bridgehead atoms. The van der Waals surface area contributed by atoms with E-state index in [0.29, 0.717) is 16.2 Å². The van der Waals surface area contributed by atoms with Crippen LogP contribution in [-0.2, 0) is 19.1 Å². The molecule has 19 heavy (non-hydrogen) atoms. The van der Waals surface area contributed by atoms with Crippen LogP contribution in [0, 0.1) is 0 Å². The molecule has 0 atom stereocenters. The Labute approximate surface area is 116 Å². The molecule has 1 heterocycles. The molecule has 4 nitrogen and oxygen atoms in total. The summed E-state index contributed by atoms with van der Waals surface area (Å²) < 4.78 is 10.1. The largest absolute Gasteiger partial charge is 0.419 e. The van der Waals surface area contributed by atoms with Crippen LogP contribution in [0.25, 0.3) is 5.57 Å². The average molecular weight is 281 g/mol. The van der Waals surface area contributed by atoms with Crippen molar-refractivity contribution < 1.29 is 19.1 Å². The summed E-state index contributed by atoms with van der Waals surface area (Å²) in [6, 6.07) is 6.82. The van der Waals surface area contributed by atoms with E-state index in [0.717, 1.165) is 0 Å².